The molecule has 2 heterocycles. The van der Waals surface area contributed by atoms with Crippen molar-refractivity contribution in [3.8, 4) is 0 Å². The van der Waals surface area contributed by atoms with E-state index >= 15 is 0 Å². The largest absolute Gasteiger partial charge is 0.313 e. The first-order chi connectivity index (χ1) is 9.72. The van der Waals surface area contributed by atoms with E-state index in [1.54, 1.807) is 0 Å². The topological polar surface area (TPSA) is 42.7 Å². The molecule has 2 saturated carbocycles. The van der Waals surface area contributed by atoms with Crippen LogP contribution in [0.2, 0.25) is 0 Å². The van der Waals surface area contributed by atoms with Crippen molar-refractivity contribution < 1.29 is 0 Å². The quantitative estimate of drug-likeness (QED) is 0.921. The van der Waals surface area contributed by atoms with Crippen molar-refractivity contribution in [1.82, 2.24) is 20.1 Å². The van der Waals surface area contributed by atoms with Crippen molar-refractivity contribution in [1.29, 1.82) is 0 Å². The number of nitrogens with one attached hydrogen (secondary N) is 1. The van der Waals surface area contributed by atoms with Crippen LogP contribution in [0, 0.1) is 11.8 Å². The van der Waals surface area contributed by atoms with Crippen molar-refractivity contribution in [2.24, 2.45) is 11.8 Å². The minimum absolute atomic E-state index is 0.470. The normalized spacial score (nSPS) is 35.8. The van der Waals surface area contributed by atoms with Gasteiger partial charge in [0.05, 0.1) is 0 Å². The fourth-order valence-electron chi connectivity index (χ4n) is 4.33. The summed E-state index contributed by atoms with van der Waals surface area (Å²) >= 11 is 0. The highest BCUT2D eigenvalue weighted by molar-refractivity contribution is 5.06. The number of aryl methyl sites for hydroxylation is 1. The second-order valence-electron chi connectivity index (χ2n) is 7.34. The third-order valence-electron chi connectivity index (χ3n) is 5.53. The average Bonchev–Trinajstić information content (AvgIpc) is 3.11. The Morgan fingerprint density at radius 3 is 2.95 bits per heavy atom. The van der Waals surface area contributed by atoms with Crippen LogP contribution in [-0.4, -0.2) is 26.8 Å². The van der Waals surface area contributed by atoms with Gasteiger partial charge in [-0.1, -0.05) is 26.7 Å². The Labute approximate surface area is 121 Å². The second-order valence-corrected chi connectivity index (χ2v) is 7.34. The molecule has 1 aliphatic heterocycles. The van der Waals surface area contributed by atoms with Crippen LogP contribution in [0.4, 0.5) is 0 Å². The summed E-state index contributed by atoms with van der Waals surface area (Å²) in [5.74, 6) is 4.88. The molecule has 4 atom stereocenters. The van der Waals surface area contributed by atoms with Crippen LogP contribution in [0.1, 0.15) is 63.5 Å². The molecule has 4 heteroatoms. The highest BCUT2D eigenvalue weighted by Gasteiger charge is 2.45. The average molecular weight is 274 g/mol. The predicted molar refractivity (Wildman–Crippen MR) is 78.6 cm³/mol. The third kappa shape index (κ3) is 2.18. The molecule has 1 aromatic heterocycles. The molecule has 3 aliphatic rings. The third-order valence-corrected chi connectivity index (χ3v) is 5.53. The van der Waals surface area contributed by atoms with Gasteiger partial charge in [0.2, 0.25) is 0 Å². The van der Waals surface area contributed by atoms with Crippen molar-refractivity contribution in [2.45, 2.75) is 76.9 Å². The molecule has 20 heavy (non-hydrogen) atoms. The van der Waals surface area contributed by atoms with E-state index in [4.69, 9.17) is 0 Å². The molecule has 0 bridgehead atoms. The second kappa shape index (κ2) is 4.83. The Morgan fingerprint density at radius 2 is 2.10 bits per heavy atom. The first-order valence-electron chi connectivity index (χ1n) is 8.40. The molecule has 2 fully saturated rings. The molecule has 2 unspecified atom stereocenters. The lowest BCUT2D eigenvalue weighted by molar-refractivity contribution is 0.278. The molecule has 0 aromatic carbocycles. The Morgan fingerprint density at radius 1 is 1.20 bits per heavy atom. The van der Waals surface area contributed by atoms with E-state index in [2.05, 4.69) is 33.9 Å². The highest BCUT2D eigenvalue weighted by atomic mass is 15.3. The van der Waals surface area contributed by atoms with Crippen molar-refractivity contribution in [2.75, 3.05) is 0 Å². The van der Waals surface area contributed by atoms with Crippen molar-refractivity contribution in [3.05, 3.63) is 11.6 Å². The molecular formula is C16H26N4. The van der Waals surface area contributed by atoms with Crippen LogP contribution in [0.3, 0.4) is 0 Å². The fraction of sp³-hybridized carbons (Fsp3) is 0.875. The van der Waals surface area contributed by atoms with E-state index in [0.29, 0.717) is 12.0 Å². The first-order valence-corrected chi connectivity index (χ1v) is 8.40. The molecule has 0 saturated heterocycles. The molecule has 0 radical (unpaired) electrons. The molecule has 4 nitrogen and oxygen atoms in total. The zero-order valence-electron chi connectivity index (χ0n) is 12.7. The minimum Gasteiger partial charge on any atom is -0.313 e. The summed E-state index contributed by atoms with van der Waals surface area (Å²) in [5.41, 5.74) is 0. The van der Waals surface area contributed by atoms with Gasteiger partial charge < -0.3 is 9.88 Å². The molecule has 1 aromatic rings. The Balaban J connectivity index is 1.45. The lowest BCUT2D eigenvalue weighted by Gasteiger charge is -2.32. The van der Waals surface area contributed by atoms with Gasteiger partial charge in [-0.15, -0.1) is 10.2 Å². The van der Waals surface area contributed by atoms with E-state index in [9.17, 15) is 0 Å². The van der Waals surface area contributed by atoms with Gasteiger partial charge in [-0.2, -0.15) is 0 Å². The summed E-state index contributed by atoms with van der Waals surface area (Å²) in [7, 11) is 0. The number of nitrogens with zero attached hydrogens (tertiary/aromatic N) is 3. The molecule has 110 valence electrons. The number of hydrogen-bond donors (Lipinski definition) is 1. The SMILES string of the molecule is CC(C)c1nnc2n1CC(NC1CCC[C@H]3C[C@@H]13)CC2. The number of aromatic nitrogens is 3. The van der Waals surface area contributed by atoms with Crippen LogP contribution < -0.4 is 5.32 Å². The minimum atomic E-state index is 0.470. The standard InChI is InChI=1S/C16H26N4/c1-10(2)16-19-18-15-7-6-12(9-20(15)16)17-14-5-3-4-11-8-13(11)14/h10-14,17H,3-9H2,1-2H3/t11-,12?,13+,14?/m0/s1. The fourth-order valence-corrected chi connectivity index (χ4v) is 4.33. The Bertz CT molecular complexity index is 493. The molecule has 1 N–H and O–H groups in total. The van der Waals surface area contributed by atoms with Gasteiger partial charge >= 0.3 is 0 Å². The van der Waals surface area contributed by atoms with Crippen LogP contribution in [0.15, 0.2) is 0 Å². The Hall–Kier alpha value is -0.900. The monoisotopic (exact) mass is 274 g/mol. The maximum Gasteiger partial charge on any atom is 0.135 e. The van der Waals surface area contributed by atoms with Gasteiger partial charge in [0.15, 0.2) is 0 Å². The van der Waals surface area contributed by atoms with Crippen LogP contribution in [0.25, 0.3) is 0 Å². The summed E-state index contributed by atoms with van der Waals surface area (Å²) in [6.07, 6.45) is 8.10. The van der Waals surface area contributed by atoms with E-state index in [-0.39, 0.29) is 0 Å². The van der Waals surface area contributed by atoms with Crippen LogP contribution in [-0.2, 0) is 13.0 Å². The van der Waals surface area contributed by atoms with Crippen molar-refractivity contribution in [3.63, 3.8) is 0 Å². The molecule has 0 spiro atoms. The lowest BCUT2D eigenvalue weighted by atomic mass is 9.94. The number of hydrogen-bond acceptors (Lipinski definition) is 3. The van der Waals surface area contributed by atoms with E-state index in [0.717, 1.165) is 30.8 Å². The zero-order valence-corrected chi connectivity index (χ0v) is 12.7. The van der Waals surface area contributed by atoms with Gasteiger partial charge in [-0.3, -0.25) is 0 Å². The lowest BCUT2D eigenvalue weighted by Crippen LogP contribution is -2.45. The molecule has 0 amide bonds. The zero-order chi connectivity index (χ0) is 13.7. The number of fused-ring (bicyclic) bond motifs is 2. The summed E-state index contributed by atoms with van der Waals surface area (Å²) < 4.78 is 2.37. The number of rotatable bonds is 3. The smallest absolute Gasteiger partial charge is 0.135 e. The van der Waals surface area contributed by atoms with E-state index < -0.39 is 0 Å². The summed E-state index contributed by atoms with van der Waals surface area (Å²) in [4.78, 5) is 0. The Kier molecular flexibility index (Phi) is 3.09. The van der Waals surface area contributed by atoms with Gasteiger partial charge in [0.25, 0.3) is 0 Å². The maximum atomic E-state index is 4.39. The van der Waals surface area contributed by atoms with Crippen molar-refractivity contribution >= 4 is 0 Å². The summed E-state index contributed by atoms with van der Waals surface area (Å²) in [6.45, 7) is 5.50. The maximum absolute atomic E-state index is 4.39. The molecule has 2 aliphatic carbocycles. The van der Waals surface area contributed by atoms with E-state index in [1.165, 1.54) is 43.8 Å². The van der Waals surface area contributed by atoms with Gasteiger partial charge in [-0.05, 0) is 31.1 Å². The van der Waals surface area contributed by atoms with E-state index in [1.807, 2.05) is 0 Å². The summed E-state index contributed by atoms with van der Waals surface area (Å²) in [5, 5.41) is 12.7. The van der Waals surface area contributed by atoms with Crippen LogP contribution >= 0.6 is 0 Å². The van der Waals surface area contributed by atoms with Gasteiger partial charge in [0, 0.05) is 31.0 Å². The van der Waals surface area contributed by atoms with Crippen LogP contribution in [0.5, 0.6) is 0 Å². The van der Waals surface area contributed by atoms with Gasteiger partial charge in [-0.25, -0.2) is 0 Å². The molecular weight excluding hydrogens is 248 g/mol. The molecule has 4 rings (SSSR count). The predicted octanol–water partition coefficient (Wildman–Crippen LogP) is 2.49. The summed E-state index contributed by atoms with van der Waals surface area (Å²) in [6, 6.07) is 1.42. The first kappa shape index (κ1) is 12.8. The highest BCUT2D eigenvalue weighted by Crippen LogP contribution is 2.49. The van der Waals surface area contributed by atoms with Gasteiger partial charge in [0.1, 0.15) is 11.6 Å².